The van der Waals surface area contributed by atoms with Crippen molar-refractivity contribution in [3.05, 3.63) is 54.2 Å². The summed E-state index contributed by atoms with van der Waals surface area (Å²) in [5, 5.41) is 8.68. The highest BCUT2D eigenvalue weighted by Gasteiger charge is 2.14. The molecular formula is C19H17N5OS. The van der Waals surface area contributed by atoms with Crippen LogP contribution < -0.4 is 10.5 Å². The maximum atomic E-state index is 6.29. The Hall–Kier alpha value is -3.06. The number of methoxy groups -OCH3 is 1. The third-order valence-electron chi connectivity index (χ3n) is 3.98. The molecule has 0 saturated carbocycles. The zero-order valence-corrected chi connectivity index (χ0v) is 15.2. The van der Waals surface area contributed by atoms with Gasteiger partial charge in [-0.25, -0.2) is 9.97 Å². The fourth-order valence-corrected chi connectivity index (χ4v) is 3.69. The number of hydrogen-bond donors (Lipinski definition) is 2. The van der Waals surface area contributed by atoms with Gasteiger partial charge in [-0.15, -0.1) is 0 Å². The number of aromatic amines is 1. The number of para-hydroxylation sites is 1. The number of rotatable bonds is 4. The van der Waals surface area contributed by atoms with Crippen molar-refractivity contribution >= 4 is 28.5 Å². The summed E-state index contributed by atoms with van der Waals surface area (Å²) in [6.45, 7) is 1.96. The highest BCUT2D eigenvalue weighted by atomic mass is 32.2. The lowest BCUT2D eigenvalue weighted by Gasteiger charge is -2.10. The number of nitrogens with zero attached hydrogens (tertiary/aromatic N) is 3. The lowest BCUT2D eigenvalue weighted by Crippen LogP contribution is -1.99. The lowest BCUT2D eigenvalue weighted by atomic mass is 10.1. The number of hydrogen-bond acceptors (Lipinski definition) is 6. The minimum absolute atomic E-state index is 0.434. The van der Waals surface area contributed by atoms with Gasteiger partial charge in [-0.3, -0.25) is 5.10 Å². The highest BCUT2D eigenvalue weighted by molar-refractivity contribution is 7.99. The van der Waals surface area contributed by atoms with Crippen molar-refractivity contribution in [2.45, 2.75) is 17.0 Å². The number of benzene rings is 2. The monoisotopic (exact) mass is 363 g/mol. The summed E-state index contributed by atoms with van der Waals surface area (Å²) in [6, 6.07) is 15.6. The van der Waals surface area contributed by atoms with Crippen molar-refractivity contribution in [2.75, 3.05) is 12.8 Å². The molecule has 0 fully saturated rings. The largest absolute Gasteiger partial charge is 0.496 e. The van der Waals surface area contributed by atoms with Crippen LogP contribution in [0.1, 0.15) is 5.69 Å². The molecule has 2 aromatic heterocycles. The first kappa shape index (κ1) is 16.4. The van der Waals surface area contributed by atoms with Gasteiger partial charge >= 0.3 is 0 Å². The van der Waals surface area contributed by atoms with Crippen LogP contribution in [0.3, 0.4) is 0 Å². The maximum Gasteiger partial charge on any atom is 0.195 e. The molecule has 7 heteroatoms. The van der Waals surface area contributed by atoms with Crippen LogP contribution in [0.2, 0.25) is 0 Å². The molecule has 0 atom stereocenters. The van der Waals surface area contributed by atoms with Crippen LogP contribution in [0.25, 0.3) is 22.2 Å². The molecule has 3 N–H and O–H groups in total. The molecule has 130 valence electrons. The van der Waals surface area contributed by atoms with E-state index in [1.807, 2.05) is 55.5 Å². The average molecular weight is 363 g/mol. The minimum Gasteiger partial charge on any atom is -0.496 e. The summed E-state index contributed by atoms with van der Waals surface area (Å²) < 4.78 is 5.40. The van der Waals surface area contributed by atoms with E-state index in [0.717, 1.165) is 38.5 Å². The van der Waals surface area contributed by atoms with Crippen molar-refractivity contribution < 1.29 is 4.74 Å². The van der Waals surface area contributed by atoms with Gasteiger partial charge in [0, 0.05) is 11.3 Å². The average Bonchev–Trinajstić information content (AvgIpc) is 3.08. The van der Waals surface area contributed by atoms with Crippen molar-refractivity contribution in [2.24, 2.45) is 0 Å². The number of H-pyrrole nitrogens is 1. The molecule has 2 heterocycles. The van der Waals surface area contributed by atoms with E-state index in [9.17, 15) is 0 Å². The van der Waals surface area contributed by atoms with Gasteiger partial charge in [0.25, 0.3) is 0 Å². The molecule has 6 nitrogen and oxygen atoms in total. The molecule has 0 aliphatic carbocycles. The van der Waals surface area contributed by atoms with E-state index in [-0.39, 0.29) is 0 Å². The summed E-state index contributed by atoms with van der Waals surface area (Å²) >= 11 is 1.42. The van der Waals surface area contributed by atoms with Gasteiger partial charge in [-0.05, 0) is 43.0 Å². The Labute approximate surface area is 154 Å². The van der Waals surface area contributed by atoms with Gasteiger partial charge in [0.1, 0.15) is 11.6 Å². The number of ether oxygens (including phenoxy) is 1. The van der Waals surface area contributed by atoms with Crippen molar-refractivity contribution in [3.8, 4) is 17.0 Å². The van der Waals surface area contributed by atoms with Crippen molar-refractivity contribution in [3.63, 3.8) is 0 Å². The lowest BCUT2D eigenvalue weighted by molar-refractivity contribution is 0.405. The molecule has 0 bridgehead atoms. The van der Waals surface area contributed by atoms with Gasteiger partial charge < -0.3 is 10.5 Å². The second-order valence-electron chi connectivity index (χ2n) is 5.78. The first-order valence-electron chi connectivity index (χ1n) is 8.05. The predicted molar refractivity (Wildman–Crippen MR) is 103 cm³/mol. The number of aromatic nitrogens is 4. The van der Waals surface area contributed by atoms with Gasteiger partial charge in [-0.2, -0.15) is 5.10 Å². The van der Waals surface area contributed by atoms with Crippen molar-refractivity contribution in [1.82, 2.24) is 20.2 Å². The smallest absolute Gasteiger partial charge is 0.195 e. The molecule has 0 amide bonds. The van der Waals surface area contributed by atoms with Crippen LogP contribution in [0.5, 0.6) is 5.75 Å². The van der Waals surface area contributed by atoms with E-state index in [1.54, 1.807) is 7.11 Å². The molecule has 0 aliphatic rings. The van der Waals surface area contributed by atoms with Gasteiger partial charge in [0.15, 0.2) is 5.16 Å². The van der Waals surface area contributed by atoms with Crippen LogP contribution in [0, 0.1) is 6.92 Å². The molecule has 0 aliphatic heterocycles. The standard InChI is InChI=1S/C19H17N5OS/c1-11-10-14(24-23-11)12-6-5-7-13-17(12)18(20)22-19(21-13)26-16-9-4-3-8-15(16)25-2/h3-10H,1-2H3,(H,23,24)(H2,20,21,22). The Morgan fingerprint density at radius 3 is 2.69 bits per heavy atom. The summed E-state index contributed by atoms with van der Waals surface area (Å²) in [5.41, 5.74) is 9.81. The Balaban J connectivity index is 1.80. The summed E-state index contributed by atoms with van der Waals surface area (Å²) in [6.07, 6.45) is 0. The Morgan fingerprint density at radius 1 is 1.08 bits per heavy atom. The maximum absolute atomic E-state index is 6.29. The second kappa shape index (κ2) is 6.68. The van der Waals surface area contributed by atoms with E-state index < -0.39 is 0 Å². The summed E-state index contributed by atoms with van der Waals surface area (Å²) in [4.78, 5) is 10.1. The number of fused-ring (bicyclic) bond motifs is 1. The first-order chi connectivity index (χ1) is 12.7. The SMILES string of the molecule is COc1ccccc1Sc1nc(N)c2c(-c3cc(C)[nH]n3)cccc2n1. The third-order valence-corrected chi connectivity index (χ3v) is 4.91. The molecule has 26 heavy (non-hydrogen) atoms. The van der Waals surface area contributed by atoms with Crippen LogP contribution >= 0.6 is 11.8 Å². The molecule has 4 aromatic rings. The van der Waals surface area contributed by atoms with E-state index in [2.05, 4.69) is 20.2 Å². The zero-order valence-electron chi connectivity index (χ0n) is 14.4. The van der Waals surface area contributed by atoms with Crippen LogP contribution in [-0.2, 0) is 0 Å². The fourth-order valence-electron chi connectivity index (χ4n) is 2.81. The molecular weight excluding hydrogens is 346 g/mol. The number of nitrogens with two attached hydrogens (primary N) is 1. The first-order valence-corrected chi connectivity index (χ1v) is 8.87. The molecule has 0 unspecified atom stereocenters. The van der Waals surface area contributed by atoms with Crippen molar-refractivity contribution in [1.29, 1.82) is 0 Å². The molecule has 0 spiro atoms. The zero-order chi connectivity index (χ0) is 18.1. The number of nitrogens with one attached hydrogen (secondary N) is 1. The summed E-state index contributed by atoms with van der Waals surface area (Å²) in [7, 11) is 1.65. The molecule has 0 radical (unpaired) electrons. The summed E-state index contributed by atoms with van der Waals surface area (Å²) in [5.74, 6) is 1.21. The van der Waals surface area contributed by atoms with E-state index in [1.165, 1.54) is 11.8 Å². The van der Waals surface area contributed by atoms with Crippen LogP contribution in [-0.4, -0.2) is 27.3 Å². The van der Waals surface area contributed by atoms with E-state index in [4.69, 9.17) is 10.5 Å². The quantitative estimate of drug-likeness (QED) is 0.531. The van der Waals surface area contributed by atoms with Gasteiger partial charge in [0.05, 0.1) is 28.6 Å². The minimum atomic E-state index is 0.434. The highest BCUT2D eigenvalue weighted by Crippen LogP contribution is 2.36. The Morgan fingerprint density at radius 2 is 1.92 bits per heavy atom. The van der Waals surface area contributed by atoms with Gasteiger partial charge in [0.2, 0.25) is 0 Å². The number of aryl methyl sites for hydroxylation is 1. The number of nitrogen functional groups attached to an aromatic ring is 1. The molecule has 2 aromatic carbocycles. The molecule has 0 saturated heterocycles. The normalized spacial score (nSPS) is 11.0. The fraction of sp³-hybridized carbons (Fsp3) is 0.105. The Kier molecular flexibility index (Phi) is 4.22. The predicted octanol–water partition coefficient (Wildman–Crippen LogP) is 4.07. The third kappa shape index (κ3) is 2.97. The van der Waals surface area contributed by atoms with E-state index >= 15 is 0 Å². The molecule has 4 rings (SSSR count). The van der Waals surface area contributed by atoms with Crippen LogP contribution in [0.15, 0.2) is 58.6 Å². The van der Waals surface area contributed by atoms with Crippen LogP contribution in [0.4, 0.5) is 5.82 Å². The van der Waals surface area contributed by atoms with Gasteiger partial charge in [-0.1, -0.05) is 24.3 Å². The number of anilines is 1. The topological polar surface area (TPSA) is 89.7 Å². The Bertz CT molecular complexity index is 1090. The van der Waals surface area contributed by atoms with E-state index in [0.29, 0.717) is 11.0 Å². The second-order valence-corrected chi connectivity index (χ2v) is 6.79.